The molecule has 1 aliphatic rings. The Labute approximate surface area is 241 Å². The van der Waals surface area contributed by atoms with Crippen LogP contribution in [-0.2, 0) is 24.3 Å². The normalized spacial score (nSPS) is 20.2. The maximum absolute atomic E-state index is 12.7. The first-order valence-electron chi connectivity index (χ1n) is 12.9. The maximum atomic E-state index is 12.7. The van der Waals surface area contributed by atoms with Crippen molar-refractivity contribution in [3.63, 3.8) is 0 Å². The highest BCUT2D eigenvalue weighted by atomic mass is 32.2. The first kappa shape index (κ1) is 30.8. The van der Waals surface area contributed by atoms with E-state index in [4.69, 9.17) is 4.74 Å². The summed E-state index contributed by atoms with van der Waals surface area (Å²) in [5, 5.41) is 50.2. The molecule has 0 bridgehead atoms. The zero-order chi connectivity index (χ0) is 30.6. The van der Waals surface area contributed by atoms with E-state index in [0.29, 0.717) is 16.9 Å². The number of aliphatic carboxylic acids is 1. The van der Waals surface area contributed by atoms with Gasteiger partial charge in [-0.3, -0.25) is 4.79 Å². The van der Waals surface area contributed by atoms with E-state index in [9.17, 15) is 38.4 Å². The van der Waals surface area contributed by atoms with Crippen LogP contribution in [0, 0.1) is 12.8 Å². The number of nitrogens with one attached hydrogen (secondary N) is 2. The van der Waals surface area contributed by atoms with Crippen molar-refractivity contribution in [2.75, 3.05) is 18.5 Å². The van der Waals surface area contributed by atoms with Crippen LogP contribution in [0.4, 0.5) is 5.69 Å². The Morgan fingerprint density at radius 3 is 2.57 bits per heavy atom. The molecular weight excluding hydrogens is 570 g/mol. The lowest BCUT2D eigenvalue weighted by atomic mass is 9.87. The third-order valence-electron chi connectivity index (χ3n) is 6.79. The van der Waals surface area contributed by atoms with E-state index in [1.54, 1.807) is 50.2 Å². The van der Waals surface area contributed by atoms with Crippen molar-refractivity contribution >= 4 is 27.6 Å². The summed E-state index contributed by atoms with van der Waals surface area (Å²) < 4.78 is 34.2. The average Bonchev–Trinajstić information content (AvgIpc) is 3.45. The number of anilines is 1. The van der Waals surface area contributed by atoms with Gasteiger partial charge in [-0.2, -0.15) is 0 Å². The predicted molar refractivity (Wildman–Crippen MR) is 148 cm³/mol. The number of hydrogen-bond acceptors (Lipinski definition) is 10. The van der Waals surface area contributed by atoms with Crippen LogP contribution in [0.15, 0.2) is 71.5 Å². The number of aromatic nitrogens is 3. The van der Waals surface area contributed by atoms with Crippen LogP contribution in [0.1, 0.15) is 18.5 Å². The Hall–Kier alpha value is -4.15. The molecule has 15 heteroatoms. The van der Waals surface area contributed by atoms with E-state index < -0.39 is 71.1 Å². The topological polar surface area (TPSA) is 213 Å². The summed E-state index contributed by atoms with van der Waals surface area (Å²) in [6.45, 7) is 2.13. The number of ether oxygens (including phenoxy) is 1. The van der Waals surface area contributed by atoms with Gasteiger partial charge in [-0.1, -0.05) is 42.5 Å². The molecule has 2 aromatic carbocycles. The molecule has 4 rings (SSSR count). The SMILES string of the molecule is Cc1cccc(S(=O)(=O)NCC(=O)Nc2ccccc2-c2cn([C@H]3C=C(C(=O)O)O[C@@H]([C@H](O)[C@H](O)CO)[C@@H]3C)nn2)c1. The molecule has 14 nitrogen and oxygen atoms in total. The van der Waals surface area contributed by atoms with Crippen LogP contribution in [0.25, 0.3) is 11.3 Å². The van der Waals surface area contributed by atoms with Crippen LogP contribution < -0.4 is 10.0 Å². The number of carbonyl (C=O) groups is 2. The zero-order valence-electron chi connectivity index (χ0n) is 22.7. The minimum atomic E-state index is -3.92. The number of carboxylic acid groups (broad SMARTS) is 1. The summed E-state index contributed by atoms with van der Waals surface area (Å²) in [7, 11) is -3.92. The minimum absolute atomic E-state index is 0.0374. The molecule has 2 heterocycles. The van der Waals surface area contributed by atoms with Crippen LogP contribution in [0.5, 0.6) is 0 Å². The molecule has 42 heavy (non-hydrogen) atoms. The first-order chi connectivity index (χ1) is 19.9. The van der Waals surface area contributed by atoms with E-state index in [2.05, 4.69) is 20.4 Å². The van der Waals surface area contributed by atoms with Crippen LogP contribution in [0.3, 0.4) is 0 Å². The third-order valence-corrected chi connectivity index (χ3v) is 8.19. The van der Waals surface area contributed by atoms with Gasteiger partial charge in [-0.15, -0.1) is 5.10 Å². The number of allylic oxidation sites excluding steroid dienone is 1. The maximum Gasteiger partial charge on any atom is 0.370 e. The fourth-order valence-corrected chi connectivity index (χ4v) is 5.61. The largest absolute Gasteiger partial charge is 0.480 e. The Morgan fingerprint density at radius 2 is 1.88 bits per heavy atom. The molecule has 0 aliphatic carbocycles. The predicted octanol–water partition coefficient (Wildman–Crippen LogP) is 0.429. The van der Waals surface area contributed by atoms with Crippen molar-refractivity contribution in [1.82, 2.24) is 19.7 Å². The lowest BCUT2D eigenvalue weighted by Gasteiger charge is -2.37. The van der Waals surface area contributed by atoms with Crippen molar-refractivity contribution in [2.24, 2.45) is 5.92 Å². The number of rotatable bonds is 11. The van der Waals surface area contributed by atoms with Crippen molar-refractivity contribution < 1.29 is 43.2 Å². The lowest BCUT2D eigenvalue weighted by Crippen LogP contribution is -2.48. The number of para-hydroxylation sites is 1. The van der Waals surface area contributed by atoms with Gasteiger partial charge in [0.1, 0.15) is 24.0 Å². The zero-order valence-corrected chi connectivity index (χ0v) is 23.5. The molecule has 0 spiro atoms. The van der Waals surface area contributed by atoms with E-state index in [-0.39, 0.29) is 4.90 Å². The van der Waals surface area contributed by atoms with Gasteiger partial charge in [0, 0.05) is 11.5 Å². The second kappa shape index (κ2) is 12.8. The molecule has 1 aromatic heterocycles. The molecular formula is C27H31N5O9S. The summed E-state index contributed by atoms with van der Waals surface area (Å²) in [5.74, 6) is -3.10. The highest BCUT2D eigenvalue weighted by Crippen LogP contribution is 2.35. The third kappa shape index (κ3) is 6.83. The fraction of sp³-hybridized carbons (Fsp3) is 0.333. The summed E-state index contributed by atoms with van der Waals surface area (Å²) in [6.07, 6.45) is -1.52. The molecule has 1 amide bonds. The molecule has 0 saturated carbocycles. The van der Waals surface area contributed by atoms with Gasteiger partial charge in [0.25, 0.3) is 0 Å². The van der Waals surface area contributed by atoms with Crippen LogP contribution in [0.2, 0.25) is 0 Å². The van der Waals surface area contributed by atoms with Gasteiger partial charge >= 0.3 is 5.97 Å². The van der Waals surface area contributed by atoms with Gasteiger partial charge in [0.2, 0.25) is 21.7 Å². The summed E-state index contributed by atoms with van der Waals surface area (Å²) in [4.78, 5) is 24.5. The minimum Gasteiger partial charge on any atom is -0.480 e. The summed E-state index contributed by atoms with van der Waals surface area (Å²) in [6, 6.07) is 12.1. The Kier molecular flexibility index (Phi) is 9.38. The molecule has 0 radical (unpaired) electrons. The number of carbonyl (C=O) groups excluding carboxylic acids is 1. The monoisotopic (exact) mass is 601 g/mol. The van der Waals surface area contributed by atoms with Crippen molar-refractivity contribution in [2.45, 2.75) is 43.1 Å². The number of benzene rings is 2. The van der Waals surface area contributed by atoms with Crippen molar-refractivity contribution in [3.8, 4) is 11.3 Å². The number of aliphatic hydroxyl groups is 3. The summed E-state index contributed by atoms with van der Waals surface area (Å²) >= 11 is 0. The Bertz CT molecular complexity index is 1590. The van der Waals surface area contributed by atoms with Crippen LogP contribution >= 0.6 is 0 Å². The molecule has 0 unspecified atom stereocenters. The molecule has 3 aromatic rings. The Balaban J connectivity index is 1.53. The molecule has 224 valence electrons. The van der Waals surface area contributed by atoms with E-state index in [1.165, 1.54) is 29.1 Å². The molecule has 6 N–H and O–H groups in total. The first-order valence-corrected chi connectivity index (χ1v) is 14.4. The fourth-order valence-electron chi connectivity index (χ4n) is 4.52. The number of sulfonamides is 1. The number of hydrogen-bond donors (Lipinski definition) is 6. The molecule has 5 atom stereocenters. The number of aliphatic hydroxyl groups excluding tert-OH is 3. The highest BCUT2D eigenvalue weighted by Gasteiger charge is 2.41. The van der Waals surface area contributed by atoms with Gasteiger partial charge in [-0.05, 0) is 36.8 Å². The van der Waals surface area contributed by atoms with Gasteiger partial charge in [0.15, 0.2) is 0 Å². The Morgan fingerprint density at radius 1 is 1.14 bits per heavy atom. The second-order valence-corrected chi connectivity index (χ2v) is 11.6. The standard InChI is InChI=1S/C27H31N5O9S/c1-15-6-5-7-17(10-15)42(39,40)28-12-24(35)29-19-9-4-3-8-18(19)20-13-32(31-30-20)21-11-23(27(37)38)41-26(16(21)2)25(36)22(34)14-33/h3-11,13,16,21-22,25-26,28,33-34,36H,12,14H2,1-2H3,(H,29,35)(H,37,38)/t16-,21+,22-,25-,26-/m1/s1. The van der Waals surface area contributed by atoms with E-state index in [1.807, 2.05) is 0 Å². The van der Waals surface area contributed by atoms with Gasteiger partial charge in [0.05, 0.1) is 36.0 Å². The summed E-state index contributed by atoms with van der Waals surface area (Å²) in [5.41, 5.74) is 1.84. The number of carboxylic acids is 1. The van der Waals surface area contributed by atoms with E-state index >= 15 is 0 Å². The van der Waals surface area contributed by atoms with Crippen molar-refractivity contribution in [1.29, 1.82) is 0 Å². The second-order valence-electron chi connectivity index (χ2n) is 9.83. The van der Waals surface area contributed by atoms with Crippen LogP contribution in [-0.4, -0.2) is 87.2 Å². The van der Waals surface area contributed by atoms with Gasteiger partial charge < -0.3 is 30.5 Å². The molecule has 0 saturated heterocycles. The smallest absolute Gasteiger partial charge is 0.370 e. The number of nitrogens with zero attached hydrogens (tertiary/aromatic N) is 3. The highest BCUT2D eigenvalue weighted by molar-refractivity contribution is 7.89. The lowest BCUT2D eigenvalue weighted by molar-refractivity contribution is -0.148. The average molecular weight is 602 g/mol. The van der Waals surface area contributed by atoms with Gasteiger partial charge in [-0.25, -0.2) is 22.6 Å². The number of aryl methyl sites for hydroxylation is 1. The molecule has 0 fully saturated rings. The molecule has 1 aliphatic heterocycles. The number of amides is 1. The quantitative estimate of drug-likeness (QED) is 0.177. The van der Waals surface area contributed by atoms with Crippen molar-refractivity contribution in [3.05, 3.63) is 72.1 Å². The van der Waals surface area contributed by atoms with E-state index in [0.717, 1.165) is 5.56 Å².